The summed E-state index contributed by atoms with van der Waals surface area (Å²) in [5.74, 6) is 1.12. The van der Waals surface area contributed by atoms with Crippen LogP contribution in [0.25, 0.3) is 0 Å². The molecule has 1 atom stereocenters. The van der Waals surface area contributed by atoms with Crippen LogP contribution in [0, 0.1) is 0 Å². The molecule has 0 fully saturated rings. The van der Waals surface area contributed by atoms with Crippen LogP contribution in [0.1, 0.15) is 6.92 Å². The highest BCUT2D eigenvalue weighted by Crippen LogP contribution is 2.32. The smallest absolute Gasteiger partial charge is 0.332 e. The van der Waals surface area contributed by atoms with E-state index in [-0.39, 0.29) is 12.6 Å². The summed E-state index contributed by atoms with van der Waals surface area (Å²) in [6, 6.07) is 4.95. The predicted octanol–water partition coefficient (Wildman–Crippen LogP) is 1.43. The number of carbonyl (C=O) groups is 1. The maximum Gasteiger partial charge on any atom is 0.332 e. The Kier molecular flexibility index (Phi) is 3.37. The third-order valence-corrected chi connectivity index (χ3v) is 2.49. The zero-order valence-electron chi connectivity index (χ0n) is 9.86. The van der Waals surface area contributed by atoms with Gasteiger partial charge in [-0.25, -0.2) is 4.79 Å². The van der Waals surface area contributed by atoms with E-state index in [9.17, 15) is 4.79 Å². The molecule has 1 unspecified atom stereocenters. The molecule has 1 aromatic carbocycles. The van der Waals surface area contributed by atoms with Crippen molar-refractivity contribution in [3.8, 4) is 11.5 Å². The van der Waals surface area contributed by atoms with Crippen LogP contribution in [-0.4, -0.2) is 32.3 Å². The minimum absolute atomic E-state index is 0.276. The van der Waals surface area contributed by atoms with Gasteiger partial charge in [0.2, 0.25) is 0 Å². The Morgan fingerprint density at radius 3 is 3.12 bits per heavy atom. The lowest BCUT2D eigenvalue weighted by atomic mass is 10.2. The Morgan fingerprint density at radius 1 is 1.59 bits per heavy atom. The van der Waals surface area contributed by atoms with Crippen molar-refractivity contribution in [2.75, 3.05) is 25.6 Å². The first-order valence-electron chi connectivity index (χ1n) is 5.48. The Bertz CT molecular complexity index is 419. The molecule has 0 saturated heterocycles. The number of hydrogen-bond acceptors (Lipinski definition) is 5. The standard InChI is InChI=1S/C12H15NO4/c1-3-16-12(14)10-7-17-11-5-4-8(15-2)6-9(11)13-10/h4-6,10,13H,3,7H2,1-2H3. The van der Waals surface area contributed by atoms with Crippen LogP contribution in [0.3, 0.4) is 0 Å². The van der Waals surface area contributed by atoms with E-state index in [0.717, 1.165) is 5.69 Å². The number of carbonyl (C=O) groups excluding carboxylic acids is 1. The lowest BCUT2D eigenvalue weighted by Gasteiger charge is -2.26. The maximum atomic E-state index is 11.6. The van der Waals surface area contributed by atoms with E-state index in [0.29, 0.717) is 18.1 Å². The number of anilines is 1. The molecule has 0 amide bonds. The second-order valence-corrected chi connectivity index (χ2v) is 3.62. The second kappa shape index (κ2) is 4.95. The van der Waals surface area contributed by atoms with Crippen LogP contribution >= 0.6 is 0 Å². The molecule has 1 heterocycles. The normalized spacial score (nSPS) is 17.4. The van der Waals surface area contributed by atoms with Gasteiger partial charge in [0, 0.05) is 6.07 Å². The van der Waals surface area contributed by atoms with Crippen molar-refractivity contribution in [3.63, 3.8) is 0 Å². The zero-order valence-corrected chi connectivity index (χ0v) is 9.86. The van der Waals surface area contributed by atoms with Gasteiger partial charge >= 0.3 is 5.97 Å². The van der Waals surface area contributed by atoms with E-state index < -0.39 is 6.04 Å². The number of fused-ring (bicyclic) bond motifs is 1. The largest absolute Gasteiger partial charge is 0.497 e. The van der Waals surface area contributed by atoms with Crippen molar-refractivity contribution >= 4 is 11.7 Å². The molecule has 5 heteroatoms. The molecule has 5 nitrogen and oxygen atoms in total. The molecule has 92 valence electrons. The molecule has 0 aromatic heterocycles. The fraction of sp³-hybridized carbons (Fsp3) is 0.417. The number of esters is 1. The van der Waals surface area contributed by atoms with Gasteiger partial charge in [-0.2, -0.15) is 0 Å². The number of benzene rings is 1. The van der Waals surface area contributed by atoms with Gasteiger partial charge in [-0.1, -0.05) is 0 Å². The van der Waals surface area contributed by atoms with Gasteiger partial charge < -0.3 is 19.5 Å². The third-order valence-electron chi connectivity index (χ3n) is 2.49. The molecule has 0 radical (unpaired) electrons. The molecule has 2 rings (SSSR count). The number of hydrogen-bond donors (Lipinski definition) is 1. The van der Waals surface area contributed by atoms with E-state index in [4.69, 9.17) is 14.2 Å². The second-order valence-electron chi connectivity index (χ2n) is 3.62. The van der Waals surface area contributed by atoms with Crippen molar-refractivity contribution in [1.29, 1.82) is 0 Å². The van der Waals surface area contributed by atoms with E-state index in [1.807, 2.05) is 12.1 Å². The van der Waals surface area contributed by atoms with Crippen LogP contribution in [0.5, 0.6) is 11.5 Å². The molecule has 1 N–H and O–H groups in total. The van der Waals surface area contributed by atoms with Crippen molar-refractivity contribution < 1.29 is 19.0 Å². The Balaban J connectivity index is 2.14. The molecule has 1 aromatic rings. The topological polar surface area (TPSA) is 56.8 Å². The van der Waals surface area contributed by atoms with Crippen LogP contribution in [0.4, 0.5) is 5.69 Å². The number of methoxy groups -OCH3 is 1. The van der Waals surface area contributed by atoms with Gasteiger partial charge in [0.15, 0.2) is 6.04 Å². The Labute approximate surface area is 99.7 Å². The van der Waals surface area contributed by atoms with E-state index in [1.54, 1.807) is 20.1 Å². The monoisotopic (exact) mass is 237 g/mol. The van der Waals surface area contributed by atoms with Crippen LogP contribution < -0.4 is 14.8 Å². The van der Waals surface area contributed by atoms with Gasteiger partial charge in [0.1, 0.15) is 18.1 Å². The van der Waals surface area contributed by atoms with Crippen LogP contribution in [0.2, 0.25) is 0 Å². The molecule has 0 bridgehead atoms. The summed E-state index contributed by atoms with van der Waals surface area (Å²) in [7, 11) is 1.59. The number of nitrogens with one attached hydrogen (secondary N) is 1. The lowest BCUT2D eigenvalue weighted by Crippen LogP contribution is -2.39. The summed E-state index contributed by atoms with van der Waals surface area (Å²) in [5, 5.41) is 3.08. The van der Waals surface area contributed by atoms with Crippen LogP contribution in [-0.2, 0) is 9.53 Å². The Hall–Kier alpha value is -1.91. The first-order valence-corrected chi connectivity index (χ1v) is 5.48. The minimum atomic E-state index is -0.463. The van der Waals surface area contributed by atoms with Gasteiger partial charge in [-0.05, 0) is 19.1 Å². The molecule has 17 heavy (non-hydrogen) atoms. The number of ether oxygens (including phenoxy) is 3. The third kappa shape index (κ3) is 2.43. The van der Waals surface area contributed by atoms with Crippen molar-refractivity contribution in [3.05, 3.63) is 18.2 Å². The van der Waals surface area contributed by atoms with E-state index in [1.165, 1.54) is 0 Å². The Morgan fingerprint density at radius 2 is 2.41 bits per heavy atom. The molecule has 1 aliphatic heterocycles. The zero-order chi connectivity index (χ0) is 12.3. The van der Waals surface area contributed by atoms with Gasteiger partial charge in [0.25, 0.3) is 0 Å². The van der Waals surface area contributed by atoms with Crippen molar-refractivity contribution in [2.24, 2.45) is 0 Å². The molecule has 1 aliphatic rings. The van der Waals surface area contributed by atoms with E-state index in [2.05, 4.69) is 5.32 Å². The van der Waals surface area contributed by atoms with Crippen LogP contribution in [0.15, 0.2) is 18.2 Å². The lowest BCUT2D eigenvalue weighted by molar-refractivity contribution is -0.144. The highest BCUT2D eigenvalue weighted by atomic mass is 16.5. The summed E-state index contributed by atoms with van der Waals surface area (Å²) in [6.45, 7) is 2.42. The highest BCUT2D eigenvalue weighted by Gasteiger charge is 2.26. The minimum Gasteiger partial charge on any atom is -0.497 e. The van der Waals surface area contributed by atoms with Gasteiger partial charge in [0.05, 0.1) is 19.4 Å². The molecular formula is C12H15NO4. The fourth-order valence-corrected chi connectivity index (χ4v) is 1.65. The summed E-state index contributed by atoms with van der Waals surface area (Å²) in [4.78, 5) is 11.6. The van der Waals surface area contributed by atoms with E-state index >= 15 is 0 Å². The van der Waals surface area contributed by atoms with Crippen molar-refractivity contribution in [2.45, 2.75) is 13.0 Å². The first kappa shape index (κ1) is 11.6. The summed E-state index contributed by atoms with van der Waals surface area (Å²) < 4.78 is 15.5. The summed E-state index contributed by atoms with van der Waals surface area (Å²) >= 11 is 0. The quantitative estimate of drug-likeness (QED) is 0.806. The average molecular weight is 237 g/mol. The SMILES string of the molecule is CCOC(=O)C1COc2ccc(OC)cc2N1. The predicted molar refractivity (Wildman–Crippen MR) is 62.5 cm³/mol. The molecular weight excluding hydrogens is 222 g/mol. The van der Waals surface area contributed by atoms with Gasteiger partial charge in [-0.3, -0.25) is 0 Å². The maximum absolute atomic E-state index is 11.6. The average Bonchev–Trinajstić information content (AvgIpc) is 2.37. The van der Waals surface area contributed by atoms with Crippen molar-refractivity contribution in [1.82, 2.24) is 0 Å². The first-order chi connectivity index (χ1) is 8.24. The molecule has 0 saturated carbocycles. The molecule has 0 spiro atoms. The number of rotatable bonds is 3. The summed E-state index contributed by atoms with van der Waals surface area (Å²) in [6.07, 6.45) is 0. The fourth-order valence-electron chi connectivity index (χ4n) is 1.65. The van der Waals surface area contributed by atoms with Gasteiger partial charge in [-0.15, -0.1) is 0 Å². The highest BCUT2D eigenvalue weighted by molar-refractivity contribution is 5.81. The summed E-state index contributed by atoms with van der Waals surface area (Å²) in [5.41, 5.74) is 0.744. The molecule has 0 aliphatic carbocycles.